The van der Waals surface area contributed by atoms with E-state index in [1.807, 2.05) is 0 Å². The number of carbonyl (C=O) groups excluding carboxylic acids is 1. The second kappa shape index (κ2) is 7.98. The van der Waals surface area contributed by atoms with Crippen LogP contribution in [0.2, 0.25) is 5.02 Å². The van der Waals surface area contributed by atoms with E-state index in [1.165, 1.54) is 18.5 Å². The van der Waals surface area contributed by atoms with Crippen molar-refractivity contribution >= 4 is 17.4 Å². The number of H-pyrrole nitrogens is 1. The van der Waals surface area contributed by atoms with Gasteiger partial charge in [-0.2, -0.15) is 13.2 Å². The Bertz CT molecular complexity index is 1140. The molecule has 2 aromatic heterocycles. The third-order valence-electron chi connectivity index (χ3n) is 4.43. The van der Waals surface area contributed by atoms with Crippen LogP contribution in [-0.4, -0.2) is 25.7 Å². The minimum absolute atomic E-state index is 0.0387. The predicted molar refractivity (Wildman–Crippen MR) is 104 cm³/mol. The van der Waals surface area contributed by atoms with Gasteiger partial charge in [0.2, 0.25) is 0 Å². The summed E-state index contributed by atoms with van der Waals surface area (Å²) in [5, 5.41) is -0.0973. The Labute approximate surface area is 174 Å². The van der Waals surface area contributed by atoms with Crippen molar-refractivity contribution < 1.29 is 18.0 Å². The zero-order valence-electron chi connectivity index (χ0n) is 15.9. The number of alkyl halides is 3. The summed E-state index contributed by atoms with van der Waals surface area (Å²) in [5.74, 6) is -0.287. The molecule has 1 aromatic carbocycles. The molecule has 0 aliphatic heterocycles. The molecule has 0 amide bonds. The summed E-state index contributed by atoms with van der Waals surface area (Å²) in [4.78, 5) is 39.4. The molecule has 0 fully saturated rings. The van der Waals surface area contributed by atoms with E-state index in [0.29, 0.717) is 5.56 Å². The Morgan fingerprint density at radius 2 is 1.80 bits per heavy atom. The zero-order chi connectivity index (χ0) is 22.1. The van der Waals surface area contributed by atoms with Crippen LogP contribution in [0.1, 0.15) is 41.9 Å². The molecule has 30 heavy (non-hydrogen) atoms. The molecule has 6 nitrogen and oxygen atoms in total. The second-order valence-corrected chi connectivity index (χ2v) is 7.64. The average Bonchev–Trinajstić information content (AvgIpc) is 2.67. The summed E-state index contributed by atoms with van der Waals surface area (Å²) in [7, 11) is 0. The monoisotopic (exact) mass is 436 g/mol. The molecule has 3 aromatic rings. The second-order valence-electron chi connectivity index (χ2n) is 7.23. The summed E-state index contributed by atoms with van der Waals surface area (Å²) < 4.78 is 38.6. The van der Waals surface area contributed by atoms with Crippen molar-refractivity contribution in [3.63, 3.8) is 0 Å². The molecule has 0 radical (unpaired) electrons. The fraction of sp³-hybridized carbons (Fsp3) is 0.250. The maximum Gasteiger partial charge on any atom is 0.416 e. The van der Waals surface area contributed by atoms with Gasteiger partial charge in [0.25, 0.3) is 5.56 Å². The highest BCUT2D eigenvalue weighted by atomic mass is 35.5. The average molecular weight is 437 g/mol. The van der Waals surface area contributed by atoms with Crippen molar-refractivity contribution in [2.75, 3.05) is 0 Å². The summed E-state index contributed by atoms with van der Waals surface area (Å²) in [5.41, 5.74) is -2.06. The Morgan fingerprint density at radius 1 is 1.13 bits per heavy atom. The SMILES string of the molecule is CC(C)(CC(=O)c1cc(=O)[nH]c(-c2ncccn2)n1)c1ccc(C(F)(F)F)cc1Cl. The number of aromatic nitrogens is 4. The molecule has 156 valence electrons. The Kier molecular flexibility index (Phi) is 5.76. The molecule has 0 atom stereocenters. The molecule has 0 aliphatic carbocycles. The molecular weight excluding hydrogens is 421 g/mol. The number of ketones is 1. The number of halogens is 4. The van der Waals surface area contributed by atoms with E-state index in [9.17, 15) is 22.8 Å². The largest absolute Gasteiger partial charge is 0.416 e. The normalized spacial score (nSPS) is 12.1. The van der Waals surface area contributed by atoms with Crippen LogP contribution >= 0.6 is 11.6 Å². The Morgan fingerprint density at radius 3 is 2.40 bits per heavy atom. The van der Waals surface area contributed by atoms with Crippen LogP contribution in [0.25, 0.3) is 11.6 Å². The molecule has 0 unspecified atom stereocenters. The first-order chi connectivity index (χ1) is 14.0. The molecule has 1 N–H and O–H groups in total. The van der Waals surface area contributed by atoms with Crippen molar-refractivity contribution in [1.29, 1.82) is 0 Å². The molecule has 0 spiro atoms. The van der Waals surface area contributed by atoms with Gasteiger partial charge in [0, 0.05) is 29.9 Å². The number of benzene rings is 1. The van der Waals surface area contributed by atoms with Crippen LogP contribution in [0.3, 0.4) is 0 Å². The molecular formula is C20H16ClF3N4O2. The van der Waals surface area contributed by atoms with Crippen molar-refractivity contribution in [2.24, 2.45) is 0 Å². The van der Waals surface area contributed by atoms with E-state index in [2.05, 4.69) is 19.9 Å². The van der Waals surface area contributed by atoms with Gasteiger partial charge >= 0.3 is 6.18 Å². The van der Waals surface area contributed by atoms with Gasteiger partial charge in [-0.3, -0.25) is 9.59 Å². The van der Waals surface area contributed by atoms with Crippen LogP contribution in [-0.2, 0) is 11.6 Å². The highest BCUT2D eigenvalue weighted by Gasteiger charge is 2.33. The number of Topliss-reactive ketones (excluding diaryl/α,β-unsaturated/α-hetero) is 1. The topological polar surface area (TPSA) is 88.6 Å². The lowest BCUT2D eigenvalue weighted by Crippen LogP contribution is -2.24. The molecule has 10 heteroatoms. The van der Waals surface area contributed by atoms with Gasteiger partial charge in [-0.1, -0.05) is 31.5 Å². The highest BCUT2D eigenvalue weighted by Crippen LogP contribution is 2.38. The fourth-order valence-electron chi connectivity index (χ4n) is 2.96. The lowest BCUT2D eigenvalue weighted by molar-refractivity contribution is -0.137. The van der Waals surface area contributed by atoms with Crippen LogP contribution in [0, 0.1) is 0 Å². The van der Waals surface area contributed by atoms with Crippen molar-refractivity contribution in [3.8, 4) is 11.6 Å². The lowest BCUT2D eigenvalue weighted by atomic mass is 9.79. The van der Waals surface area contributed by atoms with Crippen LogP contribution < -0.4 is 5.56 Å². The third kappa shape index (κ3) is 4.73. The van der Waals surface area contributed by atoms with Crippen LogP contribution in [0.4, 0.5) is 13.2 Å². The van der Waals surface area contributed by atoms with Crippen LogP contribution in [0.5, 0.6) is 0 Å². The van der Waals surface area contributed by atoms with E-state index in [1.54, 1.807) is 19.9 Å². The maximum absolute atomic E-state index is 12.9. The van der Waals surface area contributed by atoms with Gasteiger partial charge in [-0.25, -0.2) is 15.0 Å². The summed E-state index contributed by atoms with van der Waals surface area (Å²) in [6, 6.07) is 5.66. The van der Waals surface area contributed by atoms with Crippen molar-refractivity contribution in [3.05, 3.63) is 74.9 Å². The molecule has 0 bridgehead atoms. The van der Waals surface area contributed by atoms with E-state index >= 15 is 0 Å². The minimum Gasteiger partial charge on any atom is -0.304 e. The van der Waals surface area contributed by atoms with E-state index in [0.717, 1.165) is 18.2 Å². The maximum atomic E-state index is 12.9. The quantitative estimate of drug-likeness (QED) is 0.597. The predicted octanol–water partition coefficient (Wildman–Crippen LogP) is 4.45. The number of hydrogen-bond acceptors (Lipinski definition) is 5. The van der Waals surface area contributed by atoms with Gasteiger partial charge in [0.15, 0.2) is 17.4 Å². The van der Waals surface area contributed by atoms with Gasteiger partial charge in [-0.05, 0) is 29.2 Å². The summed E-state index contributed by atoms with van der Waals surface area (Å²) in [6.45, 7) is 3.35. The number of nitrogens with one attached hydrogen (secondary N) is 1. The van der Waals surface area contributed by atoms with Crippen LogP contribution in [0.15, 0.2) is 47.5 Å². The Hall–Kier alpha value is -3.07. The summed E-state index contributed by atoms with van der Waals surface area (Å²) >= 11 is 6.08. The number of rotatable bonds is 5. The van der Waals surface area contributed by atoms with Crippen molar-refractivity contribution in [2.45, 2.75) is 31.9 Å². The molecule has 0 aliphatic rings. The lowest BCUT2D eigenvalue weighted by Gasteiger charge is -2.26. The smallest absolute Gasteiger partial charge is 0.304 e. The van der Waals surface area contributed by atoms with Gasteiger partial charge in [-0.15, -0.1) is 0 Å². The molecule has 0 saturated carbocycles. The minimum atomic E-state index is -4.52. The first kappa shape index (κ1) is 21.6. The number of hydrogen-bond donors (Lipinski definition) is 1. The fourth-order valence-corrected chi connectivity index (χ4v) is 3.39. The highest BCUT2D eigenvalue weighted by molar-refractivity contribution is 6.31. The van der Waals surface area contributed by atoms with E-state index in [-0.39, 0.29) is 28.8 Å². The first-order valence-corrected chi connectivity index (χ1v) is 9.14. The first-order valence-electron chi connectivity index (χ1n) is 8.76. The zero-order valence-corrected chi connectivity index (χ0v) is 16.7. The summed E-state index contributed by atoms with van der Waals surface area (Å²) in [6.07, 6.45) is -1.73. The number of carbonyl (C=O) groups is 1. The number of nitrogens with zero attached hydrogens (tertiary/aromatic N) is 3. The molecule has 2 heterocycles. The molecule has 0 saturated heterocycles. The Balaban J connectivity index is 1.90. The van der Waals surface area contributed by atoms with Gasteiger partial charge in [0.05, 0.1) is 5.56 Å². The molecule has 3 rings (SSSR count). The standard InChI is InChI=1S/C20H16ClF3N4O2/c1-19(2,12-5-4-11(8-13(12)21)20(22,23)24)10-15(29)14-9-16(30)28-18(27-14)17-25-6-3-7-26-17/h3-9H,10H2,1-2H3,(H,27,28,30). The van der Waals surface area contributed by atoms with E-state index in [4.69, 9.17) is 11.6 Å². The van der Waals surface area contributed by atoms with Crippen molar-refractivity contribution in [1.82, 2.24) is 19.9 Å². The van der Waals surface area contributed by atoms with E-state index < -0.39 is 28.5 Å². The van der Waals surface area contributed by atoms with Gasteiger partial charge < -0.3 is 4.98 Å². The number of aromatic amines is 1. The van der Waals surface area contributed by atoms with Gasteiger partial charge in [0.1, 0.15) is 5.69 Å². The third-order valence-corrected chi connectivity index (χ3v) is 4.75.